The van der Waals surface area contributed by atoms with Gasteiger partial charge in [0.2, 0.25) is 0 Å². The fraction of sp³-hybridized carbons (Fsp3) is 0.292. The van der Waals surface area contributed by atoms with E-state index in [0.29, 0.717) is 6.42 Å². The van der Waals surface area contributed by atoms with Gasteiger partial charge in [-0.25, -0.2) is 9.67 Å². The predicted octanol–water partition coefficient (Wildman–Crippen LogP) is 4.59. The number of phenolic OH excluding ortho intramolecular Hbond substituents is 1. The van der Waals surface area contributed by atoms with Crippen LogP contribution < -0.4 is 0 Å². The Morgan fingerprint density at radius 2 is 1.94 bits per heavy atom. The van der Waals surface area contributed by atoms with E-state index in [1.54, 1.807) is 24.4 Å². The first-order valence-corrected chi connectivity index (χ1v) is 10.2. The molecule has 0 aliphatic rings. The van der Waals surface area contributed by atoms with Gasteiger partial charge >= 0.3 is 0 Å². The van der Waals surface area contributed by atoms with E-state index < -0.39 is 0 Å². The number of fused-ring (bicyclic) bond motifs is 1. The van der Waals surface area contributed by atoms with Gasteiger partial charge in [0.05, 0.1) is 28.1 Å². The monoisotopic (exact) mass is 417 g/mol. The van der Waals surface area contributed by atoms with E-state index in [1.807, 2.05) is 63.7 Å². The first-order valence-electron chi connectivity index (χ1n) is 10.2. The quantitative estimate of drug-likeness (QED) is 0.380. The molecule has 0 spiro atoms. The van der Waals surface area contributed by atoms with Crippen molar-refractivity contribution in [1.82, 2.24) is 19.3 Å². The molecule has 0 unspecified atom stereocenters. The van der Waals surface area contributed by atoms with Gasteiger partial charge in [-0.1, -0.05) is 17.3 Å². The Labute approximate surface area is 181 Å². The summed E-state index contributed by atoms with van der Waals surface area (Å²) in [5.74, 6) is 1.14. The van der Waals surface area contributed by atoms with Gasteiger partial charge in [0.25, 0.3) is 0 Å². The Hall–Kier alpha value is -3.61. The molecule has 2 aromatic carbocycles. The second kappa shape index (κ2) is 7.91. The van der Waals surface area contributed by atoms with Crippen LogP contribution in [-0.2, 0) is 18.3 Å². The predicted molar refractivity (Wildman–Crippen MR) is 122 cm³/mol. The second-order valence-electron chi connectivity index (χ2n) is 8.60. The third-order valence-corrected chi connectivity index (χ3v) is 4.98. The highest BCUT2D eigenvalue weighted by atomic mass is 16.6. The number of benzene rings is 2. The van der Waals surface area contributed by atoms with Crippen LogP contribution in [0.3, 0.4) is 0 Å². The maximum atomic E-state index is 9.81. The molecule has 0 bridgehead atoms. The molecule has 31 heavy (non-hydrogen) atoms. The molecule has 4 rings (SSSR count). The standard InChI is InChI=1S/C24H27N5O2/c1-16(27-31-24(2,3)4)17-9-10-22-21(13-17)26-23(28(22)5)15-19-11-12-25-29(19)18-7-6-8-20(30)14-18/h6-14,30H,15H2,1-5H3/b27-16+. The summed E-state index contributed by atoms with van der Waals surface area (Å²) in [4.78, 5) is 10.4. The topological polar surface area (TPSA) is 77.5 Å². The molecule has 0 fully saturated rings. The number of imidazole rings is 1. The van der Waals surface area contributed by atoms with Crippen molar-refractivity contribution in [1.29, 1.82) is 0 Å². The van der Waals surface area contributed by atoms with Crippen LogP contribution in [0, 0.1) is 0 Å². The lowest BCUT2D eigenvalue weighted by Gasteiger charge is -2.16. The minimum atomic E-state index is -0.331. The molecular weight excluding hydrogens is 390 g/mol. The Morgan fingerprint density at radius 1 is 1.13 bits per heavy atom. The zero-order chi connectivity index (χ0) is 22.2. The molecule has 0 atom stereocenters. The first-order chi connectivity index (χ1) is 14.7. The van der Waals surface area contributed by atoms with Gasteiger partial charge < -0.3 is 14.5 Å². The number of oxime groups is 1. The molecule has 0 amide bonds. The molecule has 0 aliphatic carbocycles. The molecule has 0 radical (unpaired) electrons. The van der Waals surface area contributed by atoms with Gasteiger partial charge in [-0.2, -0.15) is 5.10 Å². The SMILES string of the molecule is C/C(=N\OC(C)(C)C)c1ccc2c(c1)nc(Cc1ccnn1-c1cccc(O)c1)n2C. The summed E-state index contributed by atoms with van der Waals surface area (Å²) in [6.07, 6.45) is 2.37. The molecule has 7 nitrogen and oxygen atoms in total. The molecule has 4 aromatic rings. The summed E-state index contributed by atoms with van der Waals surface area (Å²) in [6.45, 7) is 7.85. The number of rotatable bonds is 5. The Morgan fingerprint density at radius 3 is 2.68 bits per heavy atom. The van der Waals surface area contributed by atoms with Crippen molar-refractivity contribution < 1.29 is 9.94 Å². The van der Waals surface area contributed by atoms with Gasteiger partial charge in [0.15, 0.2) is 0 Å². The van der Waals surface area contributed by atoms with Crippen LogP contribution in [-0.4, -0.2) is 35.8 Å². The molecule has 0 saturated heterocycles. The lowest BCUT2D eigenvalue weighted by molar-refractivity contribution is 0.000956. The maximum Gasteiger partial charge on any atom is 0.129 e. The number of nitrogens with zero attached hydrogens (tertiary/aromatic N) is 5. The summed E-state index contributed by atoms with van der Waals surface area (Å²) in [7, 11) is 2.02. The number of aromatic hydroxyl groups is 1. The van der Waals surface area contributed by atoms with Crippen molar-refractivity contribution in [3.8, 4) is 11.4 Å². The molecule has 0 aliphatic heterocycles. The number of aryl methyl sites for hydroxylation is 1. The van der Waals surface area contributed by atoms with E-state index in [-0.39, 0.29) is 11.4 Å². The highest BCUT2D eigenvalue weighted by Crippen LogP contribution is 2.22. The molecule has 0 saturated carbocycles. The molecule has 2 aromatic heterocycles. The Kier molecular flexibility index (Phi) is 5.27. The molecule has 7 heteroatoms. The van der Waals surface area contributed by atoms with E-state index in [4.69, 9.17) is 9.82 Å². The fourth-order valence-electron chi connectivity index (χ4n) is 3.37. The van der Waals surface area contributed by atoms with Gasteiger partial charge in [0, 0.05) is 31.3 Å². The van der Waals surface area contributed by atoms with Crippen LogP contribution in [0.15, 0.2) is 59.9 Å². The zero-order valence-electron chi connectivity index (χ0n) is 18.5. The van der Waals surface area contributed by atoms with Crippen molar-refractivity contribution in [3.05, 3.63) is 71.8 Å². The van der Waals surface area contributed by atoms with Crippen LogP contribution in [0.4, 0.5) is 0 Å². The van der Waals surface area contributed by atoms with E-state index in [1.165, 1.54) is 0 Å². The third-order valence-electron chi connectivity index (χ3n) is 4.98. The smallest absolute Gasteiger partial charge is 0.129 e. The van der Waals surface area contributed by atoms with Crippen molar-refractivity contribution in [3.63, 3.8) is 0 Å². The molecule has 2 heterocycles. The number of phenols is 1. The summed E-state index contributed by atoms with van der Waals surface area (Å²) in [5, 5.41) is 18.5. The molecule has 1 N–H and O–H groups in total. The van der Waals surface area contributed by atoms with Gasteiger partial charge in [-0.05, 0) is 58.0 Å². The van der Waals surface area contributed by atoms with Crippen molar-refractivity contribution in [2.75, 3.05) is 0 Å². The largest absolute Gasteiger partial charge is 0.508 e. The average molecular weight is 418 g/mol. The van der Waals surface area contributed by atoms with Crippen LogP contribution in [0.5, 0.6) is 5.75 Å². The highest BCUT2D eigenvalue weighted by Gasteiger charge is 2.14. The Bertz CT molecular complexity index is 1260. The van der Waals surface area contributed by atoms with E-state index in [2.05, 4.69) is 20.9 Å². The fourth-order valence-corrected chi connectivity index (χ4v) is 3.37. The number of hydrogen-bond donors (Lipinski definition) is 1. The van der Waals surface area contributed by atoms with Crippen LogP contribution in [0.2, 0.25) is 0 Å². The zero-order valence-corrected chi connectivity index (χ0v) is 18.5. The average Bonchev–Trinajstić information content (AvgIpc) is 3.30. The van der Waals surface area contributed by atoms with Crippen molar-refractivity contribution in [2.24, 2.45) is 12.2 Å². The van der Waals surface area contributed by atoms with Crippen molar-refractivity contribution >= 4 is 16.7 Å². The summed E-state index contributed by atoms with van der Waals surface area (Å²) in [5.41, 5.74) is 5.21. The van der Waals surface area contributed by atoms with E-state index in [9.17, 15) is 5.11 Å². The second-order valence-corrected chi connectivity index (χ2v) is 8.60. The third kappa shape index (κ3) is 4.45. The highest BCUT2D eigenvalue weighted by molar-refractivity contribution is 6.00. The minimum absolute atomic E-state index is 0.210. The van der Waals surface area contributed by atoms with Crippen LogP contribution >= 0.6 is 0 Å². The molecule has 160 valence electrons. The number of aromatic nitrogens is 4. The van der Waals surface area contributed by atoms with Crippen LogP contribution in [0.1, 0.15) is 44.8 Å². The van der Waals surface area contributed by atoms with Crippen LogP contribution in [0.25, 0.3) is 16.7 Å². The first kappa shape index (κ1) is 20.7. The van der Waals surface area contributed by atoms with Crippen molar-refractivity contribution in [2.45, 2.75) is 39.7 Å². The van der Waals surface area contributed by atoms with E-state index >= 15 is 0 Å². The Balaban J connectivity index is 1.65. The van der Waals surface area contributed by atoms with Gasteiger partial charge in [0.1, 0.15) is 17.2 Å². The summed E-state index contributed by atoms with van der Waals surface area (Å²) >= 11 is 0. The van der Waals surface area contributed by atoms with Gasteiger partial charge in [-0.3, -0.25) is 0 Å². The lowest BCUT2D eigenvalue weighted by Crippen LogP contribution is -2.16. The number of hydrogen-bond acceptors (Lipinski definition) is 5. The summed E-state index contributed by atoms with van der Waals surface area (Å²) < 4.78 is 3.92. The normalized spacial score (nSPS) is 12.5. The van der Waals surface area contributed by atoms with Gasteiger partial charge in [-0.15, -0.1) is 0 Å². The molecular formula is C24H27N5O2. The minimum Gasteiger partial charge on any atom is -0.508 e. The maximum absolute atomic E-state index is 9.81. The lowest BCUT2D eigenvalue weighted by atomic mass is 10.1. The van der Waals surface area contributed by atoms with E-state index in [0.717, 1.165) is 39.5 Å². The summed E-state index contributed by atoms with van der Waals surface area (Å²) in [6, 6.07) is 15.2.